The lowest BCUT2D eigenvalue weighted by Crippen LogP contribution is -2.49. The van der Waals surface area contributed by atoms with Crippen LogP contribution in [-0.4, -0.2) is 40.4 Å². The molecule has 2 rings (SSSR count). The maximum Gasteiger partial charge on any atom is 0.0718 e. The average Bonchev–Trinajstić information content (AvgIpc) is 2.31. The number of hydrogen-bond acceptors (Lipinski definition) is 3. The second-order valence-corrected chi connectivity index (χ2v) is 4.42. The average molecular weight is 221 g/mol. The maximum absolute atomic E-state index is 9.82. The van der Waals surface area contributed by atoms with Gasteiger partial charge in [-0.25, -0.2) is 0 Å². The highest BCUT2D eigenvalue weighted by atomic mass is 16.3. The zero-order valence-electron chi connectivity index (χ0n) is 9.42. The molecule has 0 unspecified atom stereocenters. The van der Waals surface area contributed by atoms with Crippen LogP contribution in [0.3, 0.4) is 0 Å². The molecule has 3 nitrogen and oxygen atoms in total. The first-order valence-electron chi connectivity index (χ1n) is 5.88. The summed E-state index contributed by atoms with van der Waals surface area (Å²) < 4.78 is 0. The van der Waals surface area contributed by atoms with Crippen molar-refractivity contribution < 1.29 is 10.2 Å². The Morgan fingerprint density at radius 2 is 2.00 bits per heavy atom. The van der Waals surface area contributed by atoms with Gasteiger partial charge in [-0.05, 0) is 24.9 Å². The molecule has 3 heteroatoms. The molecular formula is C13H19NO2. The summed E-state index contributed by atoms with van der Waals surface area (Å²) in [6.45, 7) is 1.80. The minimum absolute atomic E-state index is 0.0357. The van der Waals surface area contributed by atoms with Crippen molar-refractivity contribution in [3.8, 4) is 0 Å². The lowest BCUT2D eigenvalue weighted by Gasteiger charge is -2.38. The van der Waals surface area contributed by atoms with Crippen molar-refractivity contribution in [3.05, 3.63) is 35.9 Å². The Kier molecular flexibility index (Phi) is 3.93. The van der Waals surface area contributed by atoms with E-state index in [2.05, 4.69) is 17.0 Å². The van der Waals surface area contributed by atoms with Gasteiger partial charge in [0.15, 0.2) is 0 Å². The number of piperidine rings is 1. The molecule has 1 aliphatic rings. The first-order chi connectivity index (χ1) is 7.81. The molecule has 1 aromatic rings. The van der Waals surface area contributed by atoms with Gasteiger partial charge in [-0.2, -0.15) is 0 Å². The van der Waals surface area contributed by atoms with Gasteiger partial charge < -0.3 is 10.2 Å². The van der Waals surface area contributed by atoms with Gasteiger partial charge in [0.05, 0.1) is 18.8 Å². The lowest BCUT2D eigenvalue weighted by molar-refractivity contribution is -0.0197. The number of likely N-dealkylation sites (tertiary alicyclic amines) is 1. The van der Waals surface area contributed by atoms with E-state index in [0.717, 1.165) is 25.9 Å². The van der Waals surface area contributed by atoms with E-state index in [1.165, 1.54) is 5.56 Å². The fraction of sp³-hybridized carbons (Fsp3) is 0.538. The molecule has 0 aromatic heterocycles. The van der Waals surface area contributed by atoms with E-state index in [1.54, 1.807) is 0 Å². The van der Waals surface area contributed by atoms with E-state index < -0.39 is 0 Å². The fourth-order valence-electron chi connectivity index (χ4n) is 2.36. The topological polar surface area (TPSA) is 43.7 Å². The molecule has 0 amide bonds. The number of aliphatic hydroxyl groups excluding tert-OH is 2. The third-order valence-electron chi connectivity index (χ3n) is 3.27. The van der Waals surface area contributed by atoms with Crippen LogP contribution in [0.2, 0.25) is 0 Å². The highest BCUT2D eigenvalue weighted by Crippen LogP contribution is 2.19. The molecule has 1 aromatic carbocycles. The number of rotatable bonds is 3. The normalized spacial score (nSPS) is 26.9. The highest BCUT2D eigenvalue weighted by molar-refractivity contribution is 5.14. The Bertz CT molecular complexity index is 315. The predicted molar refractivity (Wildman–Crippen MR) is 63.0 cm³/mol. The summed E-state index contributed by atoms with van der Waals surface area (Å²) in [4.78, 5) is 2.17. The molecule has 0 spiro atoms. The summed E-state index contributed by atoms with van der Waals surface area (Å²) in [6.07, 6.45) is 1.42. The Hall–Kier alpha value is -0.900. The molecule has 2 atom stereocenters. The van der Waals surface area contributed by atoms with Gasteiger partial charge in [0.2, 0.25) is 0 Å². The van der Waals surface area contributed by atoms with Crippen LogP contribution in [0.5, 0.6) is 0 Å². The number of benzene rings is 1. The first-order valence-corrected chi connectivity index (χ1v) is 5.88. The van der Waals surface area contributed by atoms with Gasteiger partial charge in [-0.1, -0.05) is 30.3 Å². The van der Waals surface area contributed by atoms with Crippen LogP contribution < -0.4 is 0 Å². The summed E-state index contributed by atoms with van der Waals surface area (Å²) in [5.41, 5.74) is 1.23. The van der Waals surface area contributed by atoms with Crippen LogP contribution >= 0.6 is 0 Å². The van der Waals surface area contributed by atoms with Crippen molar-refractivity contribution in [1.82, 2.24) is 4.90 Å². The Morgan fingerprint density at radius 3 is 2.69 bits per heavy atom. The molecule has 1 fully saturated rings. The zero-order chi connectivity index (χ0) is 11.4. The molecule has 0 saturated carbocycles. The van der Waals surface area contributed by atoms with Gasteiger partial charge >= 0.3 is 0 Å². The Labute approximate surface area is 96.3 Å². The van der Waals surface area contributed by atoms with E-state index in [0.29, 0.717) is 0 Å². The summed E-state index contributed by atoms with van der Waals surface area (Å²) in [5.74, 6) is 0. The minimum Gasteiger partial charge on any atom is -0.395 e. The van der Waals surface area contributed by atoms with E-state index in [-0.39, 0.29) is 18.8 Å². The molecule has 0 aliphatic carbocycles. The summed E-state index contributed by atoms with van der Waals surface area (Å²) >= 11 is 0. The van der Waals surface area contributed by atoms with Crippen LogP contribution in [0.4, 0.5) is 0 Å². The van der Waals surface area contributed by atoms with Crippen LogP contribution in [0, 0.1) is 0 Å². The van der Waals surface area contributed by atoms with E-state index in [4.69, 9.17) is 0 Å². The van der Waals surface area contributed by atoms with E-state index >= 15 is 0 Å². The molecule has 16 heavy (non-hydrogen) atoms. The molecular weight excluding hydrogens is 202 g/mol. The molecule has 1 heterocycles. The molecule has 2 N–H and O–H groups in total. The number of hydrogen-bond donors (Lipinski definition) is 2. The highest BCUT2D eigenvalue weighted by Gasteiger charge is 2.29. The van der Waals surface area contributed by atoms with Crippen molar-refractivity contribution in [2.75, 3.05) is 13.2 Å². The second-order valence-electron chi connectivity index (χ2n) is 4.42. The Balaban J connectivity index is 2.02. The third kappa shape index (κ3) is 2.61. The van der Waals surface area contributed by atoms with Gasteiger partial charge in [0, 0.05) is 6.54 Å². The van der Waals surface area contributed by atoms with Gasteiger partial charge in [-0.15, -0.1) is 0 Å². The number of aliphatic hydroxyl groups is 2. The van der Waals surface area contributed by atoms with Gasteiger partial charge in [0.1, 0.15) is 0 Å². The smallest absolute Gasteiger partial charge is 0.0718 e. The first kappa shape index (κ1) is 11.6. The summed E-state index contributed by atoms with van der Waals surface area (Å²) in [7, 11) is 0. The van der Waals surface area contributed by atoms with Crippen LogP contribution in [0.1, 0.15) is 18.4 Å². The quantitative estimate of drug-likeness (QED) is 0.800. The van der Waals surface area contributed by atoms with Crippen molar-refractivity contribution in [3.63, 3.8) is 0 Å². The van der Waals surface area contributed by atoms with Crippen LogP contribution in [-0.2, 0) is 6.54 Å². The fourth-order valence-corrected chi connectivity index (χ4v) is 2.36. The maximum atomic E-state index is 9.82. The largest absolute Gasteiger partial charge is 0.395 e. The monoisotopic (exact) mass is 221 g/mol. The molecule has 1 aliphatic heterocycles. The standard InChI is InChI=1S/C13H19NO2/c15-10-12-13(16)7-4-8-14(12)9-11-5-2-1-3-6-11/h1-3,5-6,12-13,15-16H,4,7-10H2/t12-,13+/m1/s1. The van der Waals surface area contributed by atoms with Gasteiger partial charge in [0.25, 0.3) is 0 Å². The number of nitrogens with zero attached hydrogens (tertiary/aromatic N) is 1. The van der Waals surface area contributed by atoms with E-state index in [9.17, 15) is 10.2 Å². The van der Waals surface area contributed by atoms with Crippen molar-refractivity contribution in [2.24, 2.45) is 0 Å². The van der Waals surface area contributed by atoms with Crippen LogP contribution in [0.15, 0.2) is 30.3 Å². The summed E-state index contributed by atoms with van der Waals surface area (Å²) in [6, 6.07) is 10.1. The summed E-state index contributed by atoms with van der Waals surface area (Å²) in [5, 5.41) is 19.1. The van der Waals surface area contributed by atoms with Crippen molar-refractivity contribution in [1.29, 1.82) is 0 Å². The lowest BCUT2D eigenvalue weighted by atomic mass is 9.98. The molecule has 1 saturated heterocycles. The molecule has 0 radical (unpaired) electrons. The van der Waals surface area contributed by atoms with E-state index in [1.807, 2.05) is 18.2 Å². The van der Waals surface area contributed by atoms with Crippen molar-refractivity contribution >= 4 is 0 Å². The zero-order valence-corrected chi connectivity index (χ0v) is 9.42. The SMILES string of the molecule is OC[C@@H]1[C@@H](O)CCCN1Cc1ccccc1. The molecule has 88 valence electrons. The second kappa shape index (κ2) is 5.43. The molecule has 0 bridgehead atoms. The van der Waals surface area contributed by atoms with Gasteiger partial charge in [-0.3, -0.25) is 4.90 Å². The van der Waals surface area contributed by atoms with Crippen LogP contribution in [0.25, 0.3) is 0 Å². The Morgan fingerprint density at radius 1 is 1.25 bits per heavy atom. The third-order valence-corrected chi connectivity index (χ3v) is 3.27. The minimum atomic E-state index is -0.387. The predicted octanol–water partition coefficient (Wildman–Crippen LogP) is 1.00. The van der Waals surface area contributed by atoms with Crippen molar-refractivity contribution in [2.45, 2.75) is 31.5 Å².